The fraction of sp³-hybridized carbons (Fsp3) is 0.812. The second-order valence-electron chi connectivity index (χ2n) is 15.2. The molecule has 2 aromatic heterocycles. The van der Waals surface area contributed by atoms with E-state index >= 15 is 0 Å². The number of unbranched alkanes of at least 4 members (excludes halogenated alkanes) is 3. The molecule has 0 radical (unpaired) electrons. The van der Waals surface area contributed by atoms with Crippen LogP contribution in [0.4, 0.5) is 11.9 Å². The minimum atomic E-state index is -0.0440. The van der Waals surface area contributed by atoms with E-state index < -0.39 is 0 Å². The zero-order chi connectivity index (χ0) is 33.6. The zero-order valence-corrected chi connectivity index (χ0v) is 29.5. The molecule has 258 valence electrons. The lowest BCUT2D eigenvalue weighted by molar-refractivity contribution is 0.0486. The van der Waals surface area contributed by atoms with Crippen molar-refractivity contribution >= 4 is 11.9 Å². The maximum absolute atomic E-state index is 6.23. The molecule has 14 heteroatoms. The Morgan fingerprint density at radius 2 is 0.848 bits per heavy atom. The Kier molecular flexibility index (Phi) is 11.3. The molecule has 0 bridgehead atoms. The molecular formula is C32H56N10O4. The van der Waals surface area contributed by atoms with Crippen LogP contribution < -0.4 is 40.2 Å². The van der Waals surface area contributed by atoms with E-state index in [4.69, 9.17) is 18.9 Å². The molecule has 0 saturated carbocycles. The average molecular weight is 645 g/mol. The smallest absolute Gasteiger partial charge is 0.324 e. The molecule has 4 N–H and O–H groups in total. The lowest BCUT2D eigenvalue weighted by atomic mass is 9.81. The van der Waals surface area contributed by atoms with Crippen molar-refractivity contribution in [3.05, 3.63) is 0 Å². The van der Waals surface area contributed by atoms with E-state index in [1.54, 1.807) is 14.2 Å². The van der Waals surface area contributed by atoms with Gasteiger partial charge in [0, 0.05) is 60.9 Å². The van der Waals surface area contributed by atoms with Gasteiger partial charge in [-0.15, -0.1) is 9.97 Å². The van der Waals surface area contributed by atoms with Crippen LogP contribution in [0.5, 0.6) is 24.0 Å². The maximum Gasteiger partial charge on any atom is 0.324 e. The van der Waals surface area contributed by atoms with Gasteiger partial charge in [0.2, 0.25) is 11.9 Å². The van der Waals surface area contributed by atoms with Gasteiger partial charge in [0.15, 0.2) is 0 Å². The fourth-order valence-corrected chi connectivity index (χ4v) is 7.05. The highest BCUT2D eigenvalue weighted by Crippen LogP contribution is 2.32. The third-order valence-electron chi connectivity index (χ3n) is 8.07. The van der Waals surface area contributed by atoms with E-state index in [2.05, 4.69) is 107 Å². The largest absolute Gasteiger partial charge is 0.467 e. The number of anilines is 2. The second-order valence-corrected chi connectivity index (χ2v) is 15.2. The number of rotatable bonds is 15. The van der Waals surface area contributed by atoms with E-state index in [-0.39, 0.29) is 58.4 Å². The molecule has 0 spiro atoms. The van der Waals surface area contributed by atoms with Crippen LogP contribution in [0.2, 0.25) is 0 Å². The summed E-state index contributed by atoms with van der Waals surface area (Å²) in [5.74, 6) is 0.906. The van der Waals surface area contributed by atoms with Gasteiger partial charge in [0.1, 0.15) is 12.2 Å². The molecule has 2 saturated heterocycles. The van der Waals surface area contributed by atoms with Gasteiger partial charge in [-0.3, -0.25) is 0 Å². The molecule has 2 aromatic rings. The van der Waals surface area contributed by atoms with Gasteiger partial charge in [-0.2, -0.15) is 19.9 Å². The van der Waals surface area contributed by atoms with Gasteiger partial charge in [-0.05, 0) is 68.2 Å². The van der Waals surface area contributed by atoms with Gasteiger partial charge < -0.3 is 40.2 Å². The van der Waals surface area contributed by atoms with Crippen molar-refractivity contribution in [2.45, 2.75) is 141 Å². The highest BCUT2D eigenvalue weighted by Gasteiger charge is 2.40. The van der Waals surface area contributed by atoms with Crippen LogP contribution in [-0.4, -0.2) is 91.6 Å². The molecule has 0 unspecified atom stereocenters. The highest BCUT2D eigenvalue weighted by molar-refractivity contribution is 5.28. The molecule has 2 fully saturated rings. The molecule has 0 atom stereocenters. The Balaban J connectivity index is 1.19. The summed E-state index contributed by atoms with van der Waals surface area (Å²) in [7, 11) is 3.09. The van der Waals surface area contributed by atoms with Crippen molar-refractivity contribution in [1.29, 1.82) is 0 Å². The summed E-state index contributed by atoms with van der Waals surface area (Å²) in [6, 6.07) is 1.03. The number of aromatic nitrogens is 6. The Labute approximate surface area is 274 Å². The molecule has 0 amide bonds. The van der Waals surface area contributed by atoms with Crippen LogP contribution in [-0.2, 0) is 0 Å². The van der Waals surface area contributed by atoms with Crippen LogP contribution in [0.15, 0.2) is 0 Å². The molecule has 46 heavy (non-hydrogen) atoms. The predicted octanol–water partition coefficient (Wildman–Crippen LogP) is 4.53. The number of piperidine rings is 2. The summed E-state index contributed by atoms with van der Waals surface area (Å²) in [6.07, 6.45) is 7.40. The number of methoxy groups -OCH3 is 2. The Hall–Kier alpha value is -3.26. The van der Waals surface area contributed by atoms with Crippen LogP contribution in [0, 0.1) is 0 Å². The monoisotopic (exact) mass is 644 g/mol. The van der Waals surface area contributed by atoms with Crippen LogP contribution in [0.1, 0.15) is 107 Å². The Morgan fingerprint density at radius 1 is 0.522 bits per heavy atom. The molecule has 4 heterocycles. The van der Waals surface area contributed by atoms with E-state index in [1.165, 1.54) is 0 Å². The fourth-order valence-electron chi connectivity index (χ4n) is 7.05. The summed E-state index contributed by atoms with van der Waals surface area (Å²) in [5, 5.41) is 13.9. The highest BCUT2D eigenvalue weighted by atomic mass is 16.5. The van der Waals surface area contributed by atoms with Gasteiger partial charge in [-0.1, -0.05) is 12.8 Å². The first-order valence-electron chi connectivity index (χ1n) is 16.5. The van der Waals surface area contributed by atoms with E-state index in [0.717, 1.165) is 64.5 Å². The summed E-state index contributed by atoms with van der Waals surface area (Å²) in [4.78, 5) is 26.4. The Morgan fingerprint density at radius 3 is 1.17 bits per heavy atom. The van der Waals surface area contributed by atoms with Gasteiger partial charge in [0.05, 0.1) is 14.2 Å². The Bertz CT molecular complexity index is 1160. The van der Waals surface area contributed by atoms with Crippen molar-refractivity contribution in [3.63, 3.8) is 0 Å². The molecular weight excluding hydrogens is 588 g/mol. The van der Waals surface area contributed by atoms with Crippen LogP contribution in [0.3, 0.4) is 0 Å². The minimum absolute atomic E-state index is 0.00757. The first-order chi connectivity index (χ1) is 21.5. The molecule has 14 nitrogen and oxygen atoms in total. The molecule has 0 aliphatic carbocycles. The maximum atomic E-state index is 6.23. The second kappa shape index (κ2) is 14.7. The number of hydrogen-bond donors (Lipinski definition) is 4. The third-order valence-corrected chi connectivity index (χ3v) is 8.07. The van der Waals surface area contributed by atoms with E-state index in [9.17, 15) is 0 Å². The van der Waals surface area contributed by atoms with E-state index in [0.29, 0.717) is 11.9 Å². The summed E-state index contributed by atoms with van der Waals surface area (Å²) < 4.78 is 23.1. The van der Waals surface area contributed by atoms with Crippen LogP contribution >= 0.6 is 0 Å². The van der Waals surface area contributed by atoms with E-state index in [1.807, 2.05) is 0 Å². The topological polar surface area (TPSA) is 162 Å². The SMILES string of the molecule is COc1nc(NCCCCCCNc2nc(OC)nc(OC3CC(C)(C)NC(C)(C)C3)n2)nc(OC2CC(C)(C)NC(C)(C)C2)n1. The lowest BCUT2D eigenvalue weighted by Crippen LogP contribution is -2.60. The van der Waals surface area contributed by atoms with Crippen LogP contribution in [0.25, 0.3) is 0 Å². The lowest BCUT2D eigenvalue weighted by Gasteiger charge is -2.45. The predicted molar refractivity (Wildman–Crippen MR) is 178 cm³/mol. The molecule has 2 aliphatic heterocycles. The number of nitrogens with zero attached hydrogens (tertiary/aromatic N) is 6. The van der Waals surface area contributed by atoms with Crippen molar-refractivity contribution < 1.29 is 18.9 Å². The van der Waals surface area contributed by atoms with Gasteiger partial charge in [0.25, 0.3) is 0 Å². The van der Waals surface area contributed by atoms with Gasteiger partial charge in [-0.25, -0.2) is 0 Å². The summed E-state index contributed by atoms with van der Waals surface area (Å²) in [5.41, 5.74) is -0.176. The molecule has 2 aliphatic rings. The average Bonchev–Trinajstić information content (AvgIpc) is 2.90. The molecule has 4 rings (SSSR count). The zero-order valence-electron chi connectivity index (χ0n) is 29.5. The number of nitrogens with one attached hydrogen (secondary N) is 4. The van der Waals surface area contributed by atoms with Crippen molar-refractivity contribution in [1.82, 2.24) is 40.5 Å². The molecule has 0 aromatic carbocycles. The summed E-state index contributed by atoms with van der Waals surface area (Å²) >= 11 is 0. The first-order valence-corrected chi connectivity index (χ1v) is 16.5. The third kappa shape index (κ3) is 11.2. The minimum Gasteiger partial charge on any atom is -0.467 e. The number of ether oxygens (including phenoxy) is 4. The first kappa shape index (κ1) is 35.6. The van der Waals surface area contributed by atoms with Crippen molar-refractivity contribution in [2.75, 3.05) is 37.9 Å². The number of hydrogen-bond acceptors (Lipinski definition) is 14. The van der Waals surface area contributed by atoms with Gasteiger partial charge >= 0.3 is 24.0 Å². The normalized spacial score (nSPS) is 20.5. The summed E-state index contributed by atoms with van der Waals surface area (Å²) in [6.45, 7) is 19.0. The standard InChI is InChI=1S/C32H56N10O4/c1-29(2)17-21(18-30(3,4)41-29)45-27-37-23(35-25(39-27)43-9)33-15-13-11-12-14-16-34-24-36-26(44-10)40-28(38-24)46-22-19-31(5,6)42-32(7,8)20-22/h21-22,41-42H,11-20H2,1-10H3,(H,33,35,37,39)(H,34,36,38,40). The van der Waals surface area contributed by atoms with Crippen molar-refractivity contribution in [2.24, 2.45) is 0 Å². The van der Waals surface area contributed by atoms with Crippen molar-refractivity contribution in [3.8, 4) is 24.0 Å². The quantitative estimate of drug-likeness (QED) is 0.200.